The van der Waals surface area contributed by atoms with Gasteiger partial charge in [0.1, 0.15) is 0 Å². The standard InChI is InChI=1S/C12H14N4O2/c1-13-12(17)10-4-2-9(3-5-10)6-14-7-11-15-8-18-16-11/h2-5,8,14H,6-7H2,1H3,(H,13,17). The number of aromatic nitrogens is 2. The van der Waals surface area contributed by atoms with Crippen molar-refractivity contribution >= 4 is 5.91 Å². The highest BCUT2D eigenvalue weighted by Gasteiger charge is 2.02. The first-order chi connectivity index (χ1) is 8.79. The average molecular weight is 246 g/mol. The van der Waals surface area contributed by atoms with Gasteiger partial charge < -0.3 is 15.2 Å². The molecular weight excluding hydrogens is 232 g/mol. The Morgan fingerprint density at radius 3 is 2.67 bits per heavy atom. The Kier molecular flexibility index (Phi) is 4.03. The molecule has 0 atom stereocenters. The lowest BCUT2D eigenvalue weighted by atomic mass is 10.1. The predicted molar refractivity (Wildman–Crippen MR) is 64.7 cm³/mol. The maximum absolute atomic E-state index is 11.3. The van der Waals surface area contributed by atoms with Gasteiger partial charge in [0, 0.05) is 19.2 Å². The second-order valence-corrected chi connectivity index (χ2v) is 3.73. The minimum atomic E-state index is -0.0821. The average Bonchev–Trinajstić information content (AvgIpc) is 2.92. The fourth-order valence-electron chi connectivity index (χ4n) is 1.51. The maximum atomic E-state index is 11.3. The monoisotopic (exact) mass is 246 g/mol. The van der Waals surface area contributed by atoms with Crippen molar-refractivity contribution in [3.63, 3.8) is 0 Å². The fraction of sp³-hybridized carbons (Fsp3) is 0.250. The van der Waals surface area contributed by atoms with Crippen molar-refractivity contribution in [3.8, 4) is 0 Å². The number of nitrogens with zero attached hydrogens (tertiary/aromatic N) is 2. The van der Waals surface area contributed by atoms with Gasteiger partial charge in [-0.3, -0.25) is 4.79 Å². The van der Waals surface area contributed by atoms with Crippen LogP contribution in [0.2, 0.25) is 0 Å². The molecule has 18 heavy (non-hydrogen) atoms. The second kappa shape index (κ2) is 5.92. The maximum Gasteiger partial charge on any atom is 0.251 e. The molecule has 1 heterocycles. The Labute approximate surface area is 104 Å². The van der Waals surface area contributed by atoms with Crippen LogP contribution in [0.1, 0.15) is 21.7 Å². The molecule has 0 aliphatic heterocycles. The van der Waals surface area contributed by atoms with E-state index in [4.69, 9.17) is 0 Å². The van der Waals surface area contributed by atoms with E-state index in [2.05, 4.69) is 25.3 Å². The van der Waals surface area contributed by atoms with Crippen LogP contribution in [-0.2, 0) is 13.1 Å². The van der Waals surface area contributed by atoms with Crippen molar-refractivity contribution in [3.05, 3.63) is 47.6 Å². The van der Waals surface area contributed by atoms with Crippen molar-refractivity contribution < 1.29 is 9.32 Å². The Morgan fingerprint density at radius 1 is 1.28 bits per heavy atom. The van der Waals surface area contributed by atoms with Gasteiger partial charge in [-0.15, -0.1) is 0 Å². The molecule has 94 valence electrons. The van der Waals surface area contributed by atoms with Crippen molar-refractivity contribution in [1.29, 1.82) is 0 Å². The number of carbonyl (C=O) groups is 1. The van der Waals surface area contributed by atoms with E-state index in [-0.39, 0.29) is 5.91 Å². The zero-order valence-corrected chi connectivity index (χ0v) is 10.0. The van der Waals surface area contributed by atoms with Crippen LogP contribution in [0.25, 0.3) is 0 Å². The van der Waals surface area contributed by atoms with E-state index in [9.17, 15) is 4.79 Å². The lowest BCUT2D eigenvalue weighted by molar-refractivity contribution is 0.0963. The molecular formula is C12H14N4O2. The number of amides is 1. The summed E-state index contributed by atoms with van der Waals surface area (Å²) in [6.07, 6.45) is 1.30. The quantitative estimate of drug-likeness (QED) is 0.812. The van der Waals surface area contributed by atoms with E-state index in [1.807, 2.05) is 12.1 Å². The van der Waals surface area contributed by atoms with E-state index in [1.165, 1.54) is 6.39 Å². The van der Waals surface area contributed by atoms with Crippen molar-refractivity contribution in [2.75, 3.05) is 7.05 Å². The van der Waals surface area contributed by atoms with Crippen LogP contribution in [-0.4, -0.2) is 23.1 Å². The summed E-state index contributed by atoms with van der Waals surface area (Å²) in [6.45, 7) is 1.23. The summed E-state index contributed by atoms with van der Waals surface area (Å²) in [4.78, 5) is 15.2. The first kappa shape index (κ1) is 12.3. The minimum absolute atomic E-state index is 0.0821. The number of benzene rings is 1. The number of carbonyl (C=O) groups excluding carboxylic acids is 1. The van der Waals surface area contributed by atoms with Gasteiger partial charge in [-0.05, 0) is 17.7 Å². The Bertz CT molecular complexity index is 493. The van der Waals surface area contributed by atoms with E-state index in [0.717, 1.165) is 5.56 Å². The molecule has 0 bridgehead atoms. The molecule has 1 aromatic carbocycles. The van der Waals surface area contributed by atoms with Gasteiger partial charge >= 0.3 is 0 Å². The Balaban J connectivity index is 1.85. The van der Waals surface area contributed by atoms with Gasteiger partial charge in [0.25, 0.3) is 5.91 Å². The number of hydrogen-bond acceptors (Lipinski definition) is 5. The molecule has 1 aromatic heterocycles. The van der Waals surface area contributed by atoms with Crippen LogP contribution >= 0.6 is 0 Å². The van der Waals surface area contributed by atoms with Gasteiger partial charge in [0.2, 0.25) is 6.39 Å². The van der Waals surface area contributed by atoms with Crippen molar-refractivity contribution in [1.82, 2.24) is 20.8 Å². The van der Waals surface area contributed by atoms with Crippen LogP contribution in [0.5, 0.6) is 0 Å². The summed E-state index contributed by atoms with van der Waals surface area (Å²) >= 11 is 0. The third kappa shape index (κ3) is 3.14. The third-order valence-electron chi connectivity index (χ3n) is 2.46. The normalized spacial score (nSPS) is 10.3. The zero-order chi connectivity index (χ0) is 12.8. The van der Waals surface area contributed by atoms with Gasteiger partial charge in [-0.2, -0.15) is 4.98 Å². The summed E-state index contributed by atoms with van der Waals surface area (Å²) < 4.78 is 4.63. The molecule has 0 saturated heterocycles. The summed E-state index contributed by atoms with van der Waals surface area (Å²) in [5.74, 6) is 0.540. The number of hydrogen-bond donors (Lipinski definition) is 2. The highest BCUT2D eigenvalue weighted by molar-refractivity contribution is 5.93. The smallest absolute Gasteiger partial charge is 0.251 e. The lowest BCUT2D eigenvalue weighted by Crippen LogP contribution is -2.18. The number of nitrogens with one attached hydrogen (secondary N) is 2. The van der Waals surface area contributed by atoms with Gasteiger partial charge in [-0.25, -0.2) is 0 Å². The van der Waals surface area contributed by atoms with Gasteiger partial charge in [0.05, 0.1) is 6.54 Å². The summed E-state index contributed by atoms with van der Waals surface area (Å²) in [6, 6.07) is 7.41. The van der Waals surface area contributed by atoms with Crippen molar-refractivity contribution in [2.45, 2.75) is 13.1 Å². The van der Waals surface area contributed by atoms with Crippen LogP contribution in [0.3, 0.4) is 0 Å². The molecule has 0 radical (unpaired) electrons. The predicted octanol–water partition coefficient (Wildman–Crippen LogP) is 0.719. The fourth-order valence-corrected chi connectivity index (χ4v) is 1.51. The highest BCUT2D eigenvalue weighted by atomic mass is 16.5. The molecule has 2 aromatic rings. The van der Waals surface area contributed by atoms with Crippen LogP contribution in [0.15, 0.2) is 35.2 Å². The van der Waals surface area contributed by atoms with E-state index >= 15 is 0 Å². The van der Waals surface area contributed by atoms with Crippen LogP contribution < -0.4 is 10.6 Å². The first-order valence-corrected chi connectivity index (χ1v) is 5.56. The molecule has 2 rings (SSSR count). The molecule has 0 unspecified atom stereocenters. The summed E-state index contributed by atoms with van der Waals surface area (Å²) in [7, 11) is 1.61. The van der Waals surface area contributed by atoms with Gasteiger partial charge in [-0.1, -0.05) is 17.3 Å². The topological polar surface area (TPSA) is 80.0 Å². The van der Waals surface area contributed by atoms with E-state index in [0.29, 0.717) is 24.5 Å². The Morgan fingerprint density at radius 2 is 2.06 bits per heavy atom. The molecule has 6 nitrogen and oxygen atoms in total. The zero-order valence-electron chi connectivity index (χ0n) is 10.0. The molecule has 0 aliphatic rings. The summed E-state index contributed by atoms with van der Waals surface area (Å²) in [5.41, 5.74) is 1.74. The molecule has 1 amide bonds. The molecule has 6 heteroatoms. The van der Waals surface area contributed by atoms with Crippen LogP contribution in [0, 0.1) is 0 Å². The van der Waals surface area contributed by atoms with Crippen LogP contribution in [0.4, 0.5) is 0 Å². The molecule has 2 N–H and O–H groups in total. The summed E-state index contributed by atoms with van der Waals surface area (Å²) in [5, 5.41) is 9.46. The largest absolute Gasteiger partial charge is 0.355 e. The third-order valence-corrected chi connectivity index (χ3v) is 2.46. The first-order valence-electron chi connectivity index (χ1n) is 5.56. The Hall–Kier alpha value is -2.21. The minimum Gasteiger partial charge on any atom is -0.355 e. The molecule has 0 aliphatic carbocycles. The molecule has 0 saturated carbocycles. The highest BCUT2D eigenvalue weighted by Crippen LogP contribution is 2.04. The van der Waals surface area contributed by atoms with Crippen molar-refractivity contribution in [2.24, 2.45) is 0 Å². The number of rotatable bonds is 5. The second-order valence-electron chi connectivity index (χ2n) is 3.73. The molecule has 0 fully saturated rings. The SMILES string of the molecule is CNC(=O)c1ccc(CNCc2ncon2)cc1. The van der Waals surface area contributed by atoms with Gasteiger partial charge in [0.15, 0.2) is 5.82 Å². The van der Waals surface area contributed by atoms with E-state index < -0.39 is 0 Å². The lowest BCUT2D eigenvalue weighted by Gasteiger charge is -2.04. The molecule has 0 spiro atoms. The van der Waals surface area contributed by atoms with E-state index in [1.54, 1.807) is 19.2 Å².